The largest absolute Gasteiger partial charge is 0.497 e. The van der Waals surface area contributed by atoms with Crippen molar-refractivity contribution in [1.82, 2.24) is 5.43 Å². The molecule has 0 bridgehead atoms. The fourth-order valence-electron chi connectivity index (χ4n) is 2.72. The van der Waals surface area contributed by atoms with Crippen molar-refractivity contribution in [3.63, 3.8) is 0 Å². The monoisotopic (exact) mass is 313 g/mol. The average Bonchev–Trinajstić information content (AvgIpc) is 2.96. The van der Waals surface area contributed by atoms with Crippen LogP contribution in [0.4, 0.5) is 5.69 Å². The van der Waals surface area contributed by atoms with E-state index in [1.54, 1.807) is 7.11 Å². The van der Waals surface area contributed by atoms with E-state index in [4.69, 9.17) is 17.0 Å². The van der Waals surface area contributed by atoms with Gasteiger partial charge in [0.1, 0.15) is 5.75 Å². The minimum absolute atomic E-state index is 0.498. The third-order valence-electron chi connectivity index (χ3n) is 3.86. The summed E-state index contributed by atoms with van der Waals surface area (Å²) in [7, 11) is 1.65. The quantitative estimate of drug-likeness (QED) is 0.658. The predicted octanol–water partition coefficient (Wildman–Crippen LogP) is 3.78. The van der Waals surface area contributed by atoms with Gasteiger partial charge in [0, 0.05) is 24.2 Å². The molecule has 1 aromatic carbocycles. The first kappa shape index (κ1) is 14.8. The lowest BCUT2D eigenvalue weighted by molar-refractivity contribution is 0.415. The van der Waals surface area contributed by atoms with E-state index in [0.29, 0.717) is 5.11 Å². The van der Waals surface area contributed by atoms with E-state index in [0.717, 1.165) is 36.4 Å². The molecule has 0 heterocycles. The van der Waals surface area contributed by atoms with Crippen molar-refractivity contribution in [3.8, 4) is 5.75 Å². The summed E-state index contributed by atoms with van der Waals surface area (Å²) in [6, 6.07) is 7.61. The molecule has 0 saturated heterocycles. The number of allylic oxidation sites excluding steroid dienone is 4. The predicted molar refractivity (Wildman–Crippen MR) is 94.4 cm³/mol. The summed E-state index contributed by atoms with van der Waals surface area (Å²) in [4.78, 5) is 0. The van der Waals surface area contributed by atoms with E-state index in [1.165, 1.54) is 17.6 Å². The Kier molecular flexibility index (Phi) is 4.53. The number of nitrogens with zero attached hydrogens (tertiary/aromatic N) is 1. The summed E-state index contributed by atoms with van der Waals surface area (Å²) >= 11 is 5.27. The zero-order chi connectivity index (χ0) is 15.4. The Hall–Kier alpha value is -2.14. The summed E-state index contributed by atoms with van der Waals surface area (Å²) in [5.74, 6) is 0.820. The number of hydrogen-bond acceptors (Lipinski definition) is 3. The molecule has 0 spiro atoms. The minimum Gasteiger partial charge on any atom is -0.497 e. The number of thiocarbonyl (C=S) groups is 1. The highest BCUT2D eigenvalue weighted by Crippen LogP contribution is 2.31. The Morgan fingerprint density at radius 2 is 2.05 bits per heavy atom. The number of anilines is 1. The second-order valence-corrected chi connectivity index (χ2v) is 5.80. The van der Waals surface area contributed by atoms with Crippen LogP contribution in [0.15, 0.2) is 52.7 Å². The SMILES string of the molecule is COc1ccc(NC(=S)N/N=C2/CC3=C(CCC=C3)C2)cc1. The van der Waals surface area contributed by atoms with Crippen LogP contribution in [0.25, 0.3) is 0 Å². The van der Waals surface area contributed by atoms with Gasteiger partial charge in [0.05, 0.1) is 7.11 Å². The van der Waals surface area contributed by atoms with Crippen LogP contribution in [0.3, 0.4) is 0 Å². The van der Waals surface area contributed by atoms with Crippen LogP contribution in [0.1, 0.15) is 25.7 Å². The Morgan fingerprint density at radius 3 is 2.77 bits per heavy atom. The number of hydrazone groups is 1. The highest BCUT2D eigenvalue weighted by Gasteiger charge is 2.19. The second-order valence-electron chi connectivity index (χ2n) is 5.40. The van der Waals surface area contributed by atoms with E-state index >= 15 is 0 Å². The molecule has 1 aromatic rings. The maximum Gasteiger partial charge on any atom is 0.191 e. The number of rotatable bonds is 3. The van der Waals surface area contributed by atoms with Gasteiger partial charge in [0.2, 0.25) is 0 Å². The van der Waals surface area contributed by atoms with Crippen LogP contribution in [0.2, 0.25) is 0 Å². The molecular formula is C17H19N3OS. The smallest absolute Gasteiger partial charge is 0.191 e. The number of benzene rings is 1. The first-order valence-corrected chi connectivity index (χ1v) is 7.79. The fourth-order valence-corrected chi connectivity index (χ4v) is 2.88. The van der Waals surface area contributed by atoms with E-state index in [-0.39, 0.29) is 0 Å². The Balaban J connectivity index is 1.52. The van der Waals surface area contributed by atoms with Crippen molar-refractivity contribution < 1.29 is 4.74 Å². The van der Waals surface area contributed by atoms with Gasteiger partial charge in [0.25, 0.3) is 0 Å². The van der Waals surface area contributed by atoms with E-state index in [1.807, 2.05) is 24.3 Å². The summed E-state index contributed by atoms with van der Waals surface area (Å²) in [6.45, 7) is 0. The molecule has 3 rings (SSSR count). The van der Waals surface area contributed by atoms with E-state index in [9.17, 15) is 0 Å². The topological polar surface area (TPSA) is 45.6 Å². The molecule has 2 N–H and O–H groups in total. The number of ether oxygens (including phenoxy) is 1. The number of nitrogens with one attached hydrogen (secondary N) is 2. The molecule has 0 atom stereocenters. The molecule has 5 heteroatoms. The van der Waals surface area contributed by atoms with Crippen molar-refractivity contribution in [3.05, 3.63) is 47.6 Å². The first-order chi connectivity index (χ1) is 10.7. The van der Waals surface area contributed by atoms with Gasteiger partial charge in [-0.15, -0.1) is 0 Å². The minimum atomic E-state index is 0.498. The molecule has 0 radical (unpaired) electrons. The maximum atomic E-state index is 5.27. The van der Waals surface area contributed by atoms with E-state index in [2.05, 4.69) is 28.0 Å². The maximum absolute atomic E-state index is 5.27. The van der Waals surface area contributed by atoms with Crippen molar-refractivity contribution in [2.75, 3.05) is 12.4 Å². The van der Waals surface area contributed by atoms with Gasteiger partial charge in [-0.2, -0.15) is 5.10 Å². The standard InChI is InChI=1S/C17H19N3OS/c1-21-16-8-6-14(7-9-16)18-17(22)20-19-15-10-12-4-2-3-5-13(12)11-15/h2,4,6-9H,3,5,10-11H2,1H3,(H2,18,20,22)/b19-15-. The zero-order valence-corrected chi connectivity index (χ0v) is 13.4. The average molecular weight is 313 g/mol. The van der Waals surface area contributed by atoms with Crippen molar-refractivity contribution >= 4 is 28.7 Å². The number of hydrogen-bond donors (Lipinski definition) is 2. The van der Waals surface area contributed by atoms with Crippen LogP contribution in [0, 0.1) is 0 Å². The van der Waals surface area contributed by atoms with Crippen molar-refractivity contribution in [1.29, 1.82) is 0 Å². The van der Waals surface area contributed by atoms with Crippen LogP contribution >= 0.6 is 12.2 Å². The summed E-state index contributed by atoms with van der Waals surface area (Å²) in [6.07, 6.45) is 8.69. The lowest BCUT2D eigenvalue weighted by Gasteiger charge is -2.08. The van der Waals surface area contributed by atoms with Gasteiger partial charge in [-0.3, -0.25) is 5.43 Å². The summed E-state index contributed by atoms with van der Waals surface area (Å²) < 4.78 is 5.13. The van der Waals surface area contributed by atoms with Crippen LogP contribution in [0.5, 0.6) is 5.75 Å². The van der Waals surface area contributed by atoms with Gasteiger partial charge in [-0.1, -0.05) is 17.7 Å². The first-order valence-electron chi connectivity index (χ1n) is 7.38. The third-order valence-corrected chi connectivity index (χ3v) is 4.05. The summed E-state index contributed by atoms with van der Waals surface area (Å²) in [5, 5.41) is 8.05. The zero-order valence-electron chi connectivity index (χ0n) is 12.6. The molecule has 0 aliphatic heterocycles. The van der Waals surface area contributed by atoms with E-state index < -0.39 is 0 Å². The van der Waals surface area contributed by atoms with Gasteiger partial charge in [-0.25, -0.2) is 0 Å². The molecule has 2 aliphatic rings. The van der Waals surface area contributed by atoms with Crippen molar-refractivity contribution in [2.45, 2.75) is 25.7 Å². The van der Waals surface area contributed by atoms with Gasteiger partial charge >= 0.3 is 0 Å². The molecule has 0 amide bonds. The molecule has 2 aliphatic carbocycles. The highest BCUT2D eigenvalue weighted by atomic mass is 32.1. The van der Waals surface area contributed by atoms with Gasteiger partial charge < -0.3 is 10.1 Å². The lowest BCUT2D eigenvalue weighted by atomic mass is 10.0. The molecule has 22 heavy (non-hydrogen) atoms. The molecular weight excluding hydrogens is 294 g/mol. The number of methoxy groups -OCH3 is 1. The van der Waals surface area contributed by atoms with Crippen LogP contribution in [-0.4, -0.2) is 17.9 Å². The molecule has 0 fully saturated rings. The second kappa shape index (κ2) is 6.75. The van der Waals surface area contributed by atoms with Gasteiger partial charge in [-0.05, 0) is 54.9 Å². The Morgan fingerprint density at radius 1 is 1.23 bits per heavy atom. The van der Waals surface area contributed by atoms with Crippen LogP contribution < -0.4 is 15.5 Å². The molecule has 0 saturated carbocycles. The Labute approximate surface area is 135 Å². The molecule has 4 nitrogen and oxygen atoms in total. The normalized spacial score (nSPS) is 18.3. The molecule has 0 aromatic heterocycles. The lowest BCUT2D eigenvalue weighted by Crippen LogP contribution is -2.24. The third kappa shape index (κ3) is 3.54. The van der Waals surface area contributed by atoms with Crippen molar-refractivity contribution in [2.24, 2.45) is 5.10 Å². The molecule has 0 unspecified atom stereocenters. The van der Waals surface area contributed by atoms with Gasteiger partial charge in [0.15, 0.2) is 5.11 Å². The summed E-state index contributed by atoms with van der Waals surface area (Å²) in [5.41, 5.74) is 7.95. The molecule has 114 valence electrons. The fraction of sp³-hybridized carbons (Fsp3) is 0.294. The Bertz CT molecular complexity index is 659. The van der Waals surface area contributed by atoms with Crippen LogP contribution in [-0.2, 0) is 0 Å². The highest BCUT2D eigenvalue weighted by molar-refractivity contribution is 7.80.